The van der Waals surface area contributed by atoms with Crippen molar-refractivity contribution in [2.24, 2.45) is 0 Å². The lowest BCUT2D eigenvalue weighted by atomic mass is 9.93. The van der Waals surface area contributed by atoms with E-state index in [0.29, 0.717) is 33.5 Å². The lowest BCUT2D eigenvalue weighted by Gasteiger charge is -2.27. The molecular weight excluding hydrogens is 557 g/mol. The van der Waals surface area contributed by atoms with Crippen molar-refractivity contribution in [3.05, 3.63) is 114 Å². The first-order valence-corrected chi connectivity index (χ1v) is 14.1. The Morgan fingerprint density at radius 2 is 1.64 bits per heavy atom. The van der Waals surface area contributed by atoms with E-state index >= 15 is 0 Å². The normalized spacial score (nSPS) is 12.1. The Morgan fingerprint density at radius 3 is 2.31 bits per heavy atom. The molecule has 1 unspecified atom stereocenters. The number of aromatic nitrogens is 2. The highest BCUT2D eigenvalue weighted by Gasteiger charge is 2.25. The van der Waals surface area contributed by atoms with Crippen molar-refractivity contribution in [1.82, 2.24) is 20.2 Å². The topological polar surface area (TPSA) is 125 Å². The summed E-state index contributed by atoms with van der Waals surface area (Å²) >= 11 is -2.43. The van der Waals surface area contributed by atoms with Gasteiger partial charge in [0, 0.05) is 23.7 Å². The number of pyridine rings is 1. The van der Waals surface area contributed by atoms with Crippen molar-refractivity contribution in [2.75, 3.05) is 11.8 Å². The molecule has 11 heteroatoms. The first-order valence-electron chi connectivity index (χ1n) is 13.0. The molecule has 0 aliphatic carbocycles. The van der Waals surface area contributed by atoms with Gasteiger partial charge in [0.1, 0.15) is 11.5 Å². The molecule has 0 saturated heterocycles. The van der Waals surface area contributed by atoms with E-state index < -0.39 is 28.5 Å². The average Bonchev–Trinajstić information content (AvgIpc) is 3.35. The Balaban J connectivity index is 1.62. The second kappa shape index (κ2) is 11.6. The van der Waals surface area contributed by atoms with E-state index in [1.54, 1.807) is 30.3 Å². The molecule has 0 spiro atoms. The van der Waals surface area contributed by atoms with Crippen LogP contribution in [-0.4, -0.2) is 37.2 Å². The van der Waals surface area contributed by atoms with Gasteiger partial charge < -0.3 is 10.6 Å². The van der Waals surface area contributed by atoms with Gasteiger partial charge >= 0.3 is 0 Å². The van der Waals surface area contributed by atoms with Crippen LogP contribution in [0.25, 0.3) is 27.9 Å². The molecule has 2 heterocycles. The number of halogens is 1. The van der Waals surface area contributed by atoms with Crippen LogP contribution in [0.3, 0.4) is 0 Å². The quantitative estimate of drug-likeness (QED) is 0.182. The zero-order chi connectivity index (χ0) is 30.0. The van der Waals surface area contributed by atoms with Crippen molar-refractivity contribution in [3.63, 3.8) is 0 Å². The van der Waals surface area contributed by atoms with E-state index in [-0.39, 0.29) is 17.2 Å². The van der Waals surface area contributed by atoms with Crippen LogP contribution in [0, 0.1) is 5.82 Å². The number of hydrogen-bond acceptors (Lipinski definition) is 4. The standard InChI is InChI=1S/C31H28FN5O4S/c1-31(2,22-10-5-4-6-11-22)34-29(38)21-9-7-8-20(16-21)24-17-26-27(30(39)33-3)28(19-12-14-23(32)15-13-19)35-37(26)18-25(24)36-42(40)41/h4-18,36H,1-3H3,(H,33,39)(H,34,38)(H,40,41). The highest BCUT2D eigenvalue weighted by molar-refractivity contribution is 7.80. The van der Waals surface area contributed by atoms with Crippen molar-refractivity contribution < 1.29 is 22.7 Å². The third kappa shape index (κ3) is 5.78. The van der Waals surface area contributed by atoms with Crippen molar-refractivity contribution in [1.29, 1.82) is 0 Å². The fourth-order valence-electron chi connectivity index (χ4n) is 4.77. The van der Waals surface area contributed by atoms with E-state index in [1.165, 1.54) is 42.0 Å². The summed E-state index contributed by atoms with van der Waals surface area (Å²) in [6.07, 6.45) is 1.49. The number of anilines is 1. The van der Waals surface area contributed by atoms with Gasteiger partial charge in [0.05, 0.1) is 28.5 Å². The molecule has 2 amide bonds. The molecule has 0 aliphatic rings. The molecule has 0 fully saturated rings. The number of hydrogen-bond donors (Lipinski definition) is 4. The minimum absolute atomic E-state index is 0.237. The number of carbonyl (C=O) groups excluding carboxylic acids is 2. The summed E-state index contributed by atoms with van der Waals surface area (Å²) in [5.74, 6) is -1.15. The summed E-state index contributed by atoms with van der Waals surface area (Å²) in [5, 5.41) is 10.2. The van der Waals surface area contributed by atoms with Crippen molar-refractivity contribution in [3.8, 4) is 22.4 Å². The summed E-state index contributed by atoms with van der Waals surface area (Å²) in [6.45, 7) is 3.82. The van der Waals surface area contributed by atoms with Crippen molar-refractivity contribution in [2.45, 2.75) is 19.4 Å². The minimum atomic E-state index is -2.43. The third-order valence-corrected chi connectivity index (χ3v) is 7.29. The van der Waals surface area contributed by atoms with Gasteiger partial charge in [-0.05, 0) is 67.4 Å². The van der Waals surface area contributed by atoms with E-state index in [0.717, 1.165) is 5.56 Å². The Hall–Kier alpha value is -4.87. The van der Waals surface area contributed by atoms with Crippen LogP contribution in [0.15, 0.2) is 91.1 Å². The molecule has 2 aromatic heterocycles. The number of nitrogens with zero attached hydrogens (tertiary/aromatic N) is 2. The first-order chi connectivity index (χ1) is 20.1. The molecule has 0 radical (unpaired) electrons. The van der Waals surface area contributed by atoms with Crippen molar-refractivity contribution >= 4 is 34.3 Å². The maximum Gasteiger partial charge on any atom is 0.259 e. The van der Waals surface area contributed by atoms with Crippen LogP contribution in [0.1, 0.15) is 40.1 Å². The number of rotatable bonds is 8. The van der Waals surface area contributed by atoms with Gasteiger partial charge in [0.25, 0.3) is 23.1 Å². The van der Waals surface area contributed by atoms with Crippen LogP contribution < -0.4 is 15.4 Å². The number of nitrogens with one attached hydrogen (secondary N) is 3. The average molecular weight is 586 g/mol. The molecule has 42 heavy (non-hydrogen) atoms. The van der Waals surface area contributed by atoms with Crippen LogP contribution in [-0.2, 0) is 16.8 Å². The van der Waals surface area contributed by atoms with Gasteiger partial charge in [-0.15, -0.1) is 0 Å². The van der Waals surface area contributed by atoms with Gasteiger partial charge in [-0.3, -0.25) is 18.9 Å². The number of carbonyl (C=O) groups is 2. The molecule has 0 bridgehead atoms. The molecule has 214 valence electrons. The Bertz CT molecular complexity index is 1820. The van der Waals surface area contributed by atoms with Gasteiger partial charge in [0.2, 0.25) is 0 Å². The Morgan fingerprint density at radius 1 is 0.929 bits per heavy atom. The molecule has 5 aromatic rings. The van der Waals surface area contributed by atoms with E-state index in [1.807, 2.05) is 44.2 Å². The molecule has 0 saturated carbocycles. The maximum absolute atomic E-state index is 13.6. The van der Waals surface area contributed by atoms with Gasteiger partial charge in [0.15, 0.2) is 0 Å². The monoisotopic (exact) mass is 585 g/mol. The SMILES string of the molecule is CNC(=O)c1c(-c2ccc(F)cc2)nn2cc(NS(=O)O)c(-c3cccc(C(=O)NC(C)(C)c4ccccc4)c3)cc12. The number of fused-ring (bicyclic) bond motifs is 1. The summed E-state index contributed by atoms with van der Waals surface area (Å²) in [6, 6.07) is 23.7. The molecule has 9 nitrogen and oxygen atoms in total. The summed E-state index contributed by atoms with van der Waals surface area (Å²) in [5.41, 5.74) is 3.38. The third-order valence-electron chi connectivity index (χ3n) is 6.90. The predicted octanol–water partition coefficient (Wildman–Crippen LogP) is 5.38. The molecule has 1 atom stereocenters. The summed E-state index contributed by atoms with van der Waals surface area (Å²) < 4.78 is 39.1. The van der Waals surface area contributed by atoms with E-state index in [4.69, 9.17) is 0 Å². The zero-order valence-electron chi connectivity index (χ0n) is 23.0. The van der Waals surface area contributed by atoms with E-state index in [9.17, 15) is 22.7 Å². The van der Waals surface area contributed by atoms with Crippen LogP contribution in [0.4, 0.5) is 10.1 Å². The number of benzene rings is 3. The van der Waals surface area contributed by atoms with Crippen LogP contribution in [0.2, 0.25) is 0 Å². The molecular formula is C31H28FN5O4S. The maximum atomic E-state index is 13.6. The smallest absolute Gasteiger partial charge is 0.259 e. The van der Waals surface area contributed by atoms with Gasteiger partial charge in [-0.2, -0.15) is 5.10 Å². The molecule has 4 N–H and O–H groups in total. The fraction of sp³-hybridized carbons (Fsp3) is 0.129. The van der Waals surface area contributed by atoms with Crippen LogP contribution >= 0.6 is 0 Å². The lowest BCUT2D eigenvalue weighted by molar-refractivity contribution is 0.0910. The molecule has 0 aliphatic heterocycles. The largest absolute Gasteiger partial charge is 0.355 e. The minimum Gasteiger partial charge on any atom is -0.355 e. The Kier molecular flexibility index (Phi) is 7.88. The Labute approximate surface area is 244 Å². The summed E-state index contributed by atoms with van der Waals surface area (Å²) in [7, 11) is 1.49. The molecule has 3 aromatic carbocycles. The van der Waals surface area contributed by atoms with Gasteiger partial charge in [-0.1, -0.05) is 42.5 Å². The lowest BCUT2D eigenvalue weighted by Crippen LogP contribution is -2.40. The molecule has 5 rings (SSSR count). The number of amides is 2. The zero-order valence-corrected chi connectivity index (χ0v) is 23.8. The second-order valence-corrected chi connectivity index (χ2v) is 10.8. The fourth-order valence-corrected chi connectivity index (χ4v) is 5.13. The van der Waals surface area contributed by atoms with Crippen LogP contribution in [0.5, 0.6) is 0 Å². The highest BCUT2D eigenvalue weighted by Crippen LogP contribution is 2.35. The first kappa shape index (κ1) is 28.7. The highest BCUT2D eigenvalue weighted by atomic mass is 32.2. The predicted molar refractivity (Wildman–Crippen MR) is 161 cm³/mol. The summed E-state index contributed by atoms with van der Waals surface area (Å²) in [4.78, 5) is 26.4. The van der Waals surface area contributed by atoms with Gasteiger partial charge in [-0.25, -0.2) is 13.1 Å². The van der Waals surface area contributed by atoms with E-state index in [2.05, 4.69) is 20.5 Å². The second-order valence-electron chi connectivity index (χ2n) is 10.1.